The lowest BCUT2D eigenvalue weighted by Gasteiger charge is -2.27. The van der Waals surface area contributed by atoms with E-state index in [2.05, 4.69) is 22.2 Å². The van der Waals surface area contributed by atoms with Crippen LogP contribution in [-0.4, -0.2) is 30.5 Å². The van der Waals surface area contributed by atoms with Crippen molar-refractivity contribution in [3.8, 4) is 11.5 Å². The Morgan fingerprint density at radius 2 is 1.77 bits per heavy atom. The second-order valence-electron chi connectivity index (χ2n) is 7.47. The predicted octanol–water partition coefficient (Wildman–Crippen LogP) is 4.09. The molecule has 178 valence electrons. The van der Waals surface area contributed by atoms with E-state index in [0.29, 0.717) is 28.8 Å². The van der Waals surface area contributed by atoms with Crippen LogP contribution in [0.5, 0.6) is 11.5 Å². The largest absolute Gasteiger partial charge is 0.454 e. The van der Waals surface area contributed by atoms with Crippen molar-refractivity contribution in [2.24, 2.45) is 16.0 Å². The van der Waals surface area contributed by atoms with Gasteiger partial charge in [-0.3, -0.25) is 9.69 Å². The molecule has 0 aromatic heterocycles. The molecule has 3 aromatic carbocycles. The molecule has 0 atom stereocenters. The van der Waals surface area contributed by atoms with Crippen molar-refractivity contribution >= 4 is 35.4 Å². The third kappa shape index (κ3) is 6.42. The van der Waals surface area contributed by atoms with Gasteiger partial charge in [-0.25, -0.2) is 5.43 Å². The summed E-state index contributed by atoms with van der Waals surface area (Å²) in [5.41, 5.74) is 5.22. The summed E-state index contributed by atoms with van der Waals surface area (Å²) < 4.78 is 10.9. The van der Waals surface area contributed by atoms with E-state index in [1.165, 1.54) is 11.8 Å². The summed E-state index contributed by atoms with van der Waals surface area (Å²) in [6.45, 7) is 4.39. The van der Waals surface area contributed by atoms with Gasteiger partial charge >= 0.3 is 0 Å². The van der Waals surface area contributed by atoms with E-state index >= 15 is 0 Å². The lowest BCUT2D eigenvalue weighted by Crippen LogP contribution is -2.32. The first-order valence-corrected chi connectivity index (χ1v) is 11.8. The molecular weight excluding hydrogens is 462 g/mol. The third-order valence-electron chi connectivity index (χ3n) is 5.04. The molecule has 0 saturated carbocycles. The fourth-order valence-electron chi connectivity index (χ4n) is 3.39. The molecule has 0 fully saturated rings. The minimum Gasteiger partial charge on any atom is -0.454 e. The Morgan fingerprint density at radius 3 is 2.51 bits per heavy atom. The van der Waals surface area contributed by atoms with Crippen LogP contribution in [0, 0.1) is 0 Å². The van der Waals surface area contributed by atoms with Crippen LogP contribution in [0.1, 0.15) is 11.1 Å². The van der Waals surface area contributed by atoms with Gasteiger partial charge in [0.1, 0.15) is 5.84 Å². The molecule has 8 nitrogen and oxygen atoms in total. The minimum atomic E-state index is -0.252. The maximum atomic E-state index is 12.3. The Kier molecular flexibility index (Phi) is 8.03. The number of hydrogen-bond acceptors (Lipinski definition) is 7. The van der Waals surface area contributed by atoms with E-state index < -0.39 is 0 Å². The number of ether oxygens (including phenoxy) is 2. The van der Waals surface area contributed by atoms with Crippen molar-refractivity contribution in [2.45, 2.75) is 6.42 Å². The van der Waals surface area contributed by atoms with Crippen LogP contribution in [0.4, 0.5) is 5.69 Å². The second kappa shape index (κ2) is 11.8. The summed E-state index contributed by atoms with van der Waals surface area (Å²) in [5.74, 6) is 7.66. The summed E-state index contributed by atoms with van der Waals surface area (Å²) >= 11 is 1.27. The average Bonchev–Trinajstić information content (AvgIpc) is 3.36. The molecular formula is C26H25N5O3S. The van der Waals surface area contributed by atoms with Gasteiger partial charge in [-0.15, -0.1) is 0 Å². The van der Waals surface area contributed by atoms with Gasteiger partial charge in [0.05, 0.1) is 17.0 Å². The maximum absolute atomic E-state index is 12.3. The van der Waals surface area contributed by atoms with E-state index in [1.54, 1.807) is 6.21 Å². The number of amidine groups is 1. The van der Waals surface area contributed by atoms with Crippen molar-refractivity contribution in [1.29, 1.82) is 0 Å². The number of amides is 1. The summed E-state index contributed by atoms with van der Waals surface area (Å²) in [7, 11) is 0. The van der Waals surface area contributed by atoms with E-state index in [1.807, 2.05) is 83.8 Å². The molecule has 1 aliphatic heterocycles. The van der Waals surface area contributed by atoms with Crippen LogP contribution in [0.3, 0.4) is 0 Å². The Bertz CT molecular complexity index is 1230. The Hall–Kier alpha value is -4.24. The van der Waals surface area contributed by atoms with E-state index in [-0.39, 0.29) is 18.5 Å². The van der Waals surface area contributed by atoms with Gasteiger partial charge in [-0.1, -0.05) is 72.9 Å². The normalized spacial score (nSPS) is 12.5. The first-order valence-electron chi connectivity index (χ1n) is 10.8. The first kappa shape index (κ1) is 23.9. The number of fused-ring (bicyclic) bond motifs is 1. The smallest absolute Gasteiger partial charge is 0.250 e. The van der Waals surface area contributed by atoms with Gasteiger partial charge < -0.3 is 15.3 Å². The number of carbonyl (C=O) groups is 1. The number of para-hydroxylation sites is 1. The highest BCUT2D eigenvalue weighted by Gasteiger charge is 2.21. The molecule has 35 heavy (non-hydrogen) atoms. The van der Waals surface area contributed by atoms with Gasteiger partial charge in [-0.2, -0.15) is 10.2 Å². The zero-order valence-electron chi connectivity index (χ0n) is 19.0. The monoisotopic (exact) mass is 487 g/mol. The van der Waals surface area contributed by atoms with Gasteiger partial charge in [0, 0.05) is 12.1 Å². The number of thioether (sulfide) groups is 1. The van der Waals surface area contributed by atoms with Gasteiger partial charge in [0.15, 0.2) is 11.5 Å². The number of nitrogens with one attached hydrogen (secondary N) is 1. The van der Waals surface area contributed by atoms with Crippen molar-refractivity contribution < 1.29 is 14.3 Å². The summed E-state index contributed by atoms with van der Waals surface area (Å²) in [5, 5.41) is 8.67. The Balaban J connectivity index is 1.43. The molecule has 0 radical (unpaired) electrons. The summed E-state index contributed by atoms with van der Waals surface area (Å²) in [4.78, 5) is 14.2. The molecule has 9 heteroatoms. The molecule has 0 bridgehead atoms. The Labute approximate surface area is 208 Å². The quantitative estimate of drug-likeness (QED) is 0.204. The molecule has 4 rings (SSSR count). The molecule has 0 saturated heterocycles. The highest BCUT2D eigenvalue weighted by Crippen LogP contribution is 2.33. The molecule has 1 heterocycles. The van der Waals surface area contributed by atoms with E-state index in [0.717, 1.165) is 16.8 Å². The van der Waals surface area contributed by atoms with Crippen LogP contribution < -0.4 is 25.6 Å². The molecule has 3 aromatic rings. The van der Waals surface area contributed by atoms with Crippen LogP contribution in [0.25, 0.3) is 0 Å². The molecule has 0 spiro atoms. The zero-order valence-corrected chi connectivity index (χ0v) is 19.8. The van der Waals surface area contributed by atoms with Gasteiger partial charge in [0.2, 0.25) is 12.7 Å². The van der Waals surface area contributed by atoms with E-state index in [4.69, 9.17) is 15.3 Å². The van der Waals surface area contributed by atoms with Gasteiger partial charge in [-0.05, 0) is 35.4 Å². The standard InChI is InChI=1S/C26H25N5O3S/c1-19(35-17-26(32)30-28-16-20-8-4-2-5-9-20)31(22-10-6-3-7-11-22)25(29-27)15-21-12-13-23-24(14-21)34-18-33-23/h2-14,16H,1,15,17-18,27H2,(H,30,32)/b28-16+,29-25-. The number of carbonyl (C=O) groups excluding carboxylic acids is 1. The number of hydrogen-bond donors (Lipinski definition) is 2. The van der Waals surface area contributed by atoms with Crippen molar-refractivity contribution in [1.82, 2.24) is 5.43 Å². The van der Waals surface area contributed by atoms with Crippen LogP contribution >= 0.6 is 11.8 Å². The minimum absolute atomic E-state index is 0.121. The highest BCUT2D eigenvalue weighted by molar-refractivity contribution is 8.03. The lowest BCUT2D eigenvalue weighted by molar-refractivity contribution is -0.118. The fourth-order valence-corrected chi connectivity index (χ4v) is 4.10. The third-order valence-corrected chi connectivity index (χ3v) is 5.96. The van der Waals surface area contributed by atoms with Crippen molar-refractivity contribution in [3.63, 3.8) is 0 Å². The number of rotatable bonds is 9. The lowest BCUT2D eigenvalue weighted by atomic mass is 10.1. The van der Waals surface area contributed by atoms with Gasteiger partial charge in [0.25, 0.3) is 0 Å². The Morgan fingerprint density at radius 1 is 1.06 bits per heavy atom. The molecule has 0 aliphatic carbocycles. The summed E-state index contributed by atoms with van der Waals surface area (Å²) in [6, 6.07) is 24.9. The van der Waals surface area contributed by atoms with Crippen LogP contribution in [0.15, 0.2) is 101 Å². The number of benzene rings is 3. The zero-order chi connectivity index (χ0) is 24.5. The number of nitrogens with zero attached hydrogens (tertiary/aromatic N) is 3. The van der Waals surface area contributed by atoms with E-state index in [9.17, 15) is 4.79 Å². The molecule has 0 unspecified atom stereocenters. The maximum Gasteiger partial charge on any atom is 0.250 e. The number of anilines is 1. The topological polar surface area (TPSA) is 102 Å². The molecule has 1 amide bonds. The first-order chi connectivity index (χ1) is 17.1. The predicted molar refractivity (Wildman–Crippen MR) is 141 cm³/mol. The highest BCUT2D eigenvalue weighted by atomic mass is 32.2. The SMILES string of the molecule is C=C(SCC(=O)N/N=C/c1ccccc1)N(/C(Cc1ccc2c(c1)OCO2)=N\N)c1ccccc1. The van der Waals surface area contributed by atoms with Crippen molar-refractivity contribution in [3.05, 3.63) is 102 Å². The number of hydrazone groups is 2. The molecule has 1 aliphatic rings. The molecule has 3 N–H and O–H groups in total. The average molecular weight is 488 g/mol. The van der Waals surface area contributed by atoms with Crippen LogP contribution in [0.2, 0.25) is 0 Å². The second-order valence-corrected chi connectivity index (χ2v) is 8.52. The van der Waals surface area contributed by atoms with Crippen LogP contribution in [-0.2, 0) is 11.2 Å². The number of nitrogens with two attached hydrogens (primary N) is 1. The fraction of sp³-hybridized carbons (Fsp3) is 0.115. The summed E-state index contributed by atoms with van der Waals surface area (Å²) in [6.07, 6.45) is 2.02. The van der Waals surface area contributed by atoms with Crippen molar-refractivity contribution in [2.75, 3.05) is 17.4 Å².